The van der Waals surface area contributed by atoms with Gasteiger partial charge >= 0.3 is 0 Å². The number of hydrogen-bond acceptors (Lipinski definition) is 6. The van der Waals surface area contributed by atoms with Crippen molar-refractivity contribution in [3.05, 3.63) is 76.7 Å². The first-order valence-corrected chi connectivity index (χ1v) is 11.3. The summed E-state index contributed by atoms with van der Waals surface area (Å²) >= 11 is 6.02. The SMILES string of the molecule is CNc1ccc(C(=O)c2ncc(Cl)cc2NS(=O)(=O)c2ccc(C(C)(C)C)cc2)cn1. The molecule has 0 fully saturated rings. The van der Waals surface area contributed by atoms with E-state index in [2.05, 4.69) is 20.0 Å². The van der Waals surface area contributed by atoms with Gasteiger partial charge in [-0.05, 0) is 41.3 Å². The highest BCUT2D eigenvalue weighted by Crippen LogP contribution is 2.27. The van der Waals surface area contributed by atoms with E-state index in [4.69, 9.17) is 11.6 Å². The Morgan fingerprint density at radius 1 is 1.00 bits per heavy atom. The third-order valence-corrected chi connectivity index (χ3v) is 6.21. The zero-order chi connectivity index (χ0) is 22.8. The molecule has 0 aliphatic rings. The summed E-state index contributed by atoms with van der Waals surface area (Å²) < 4.78 is 28.4. The number of aromatic nitrogens is 2. The first kappa shape index (κ1) is 22.7. The van der Waals surface area contributed by atoms with Crippen LogP contribution in [0.2, 0.25) is 5.02 Å². The van der Waals surface area contributed by atoms with Crippen LogP contribution < -0.4 is 10.0 Å². The van der Waals surface area contributed by atoms with Crippen LogP contribution in [0.5, 0.6) is 0 Å². The van der Waals surface area contributed by atoms with Gasteiger partial charge in [0.1, 0.15) is 11.5 Å². The van der Waals surface area contributed by atoms with Crippen LogP contribution in [0.15, 0.2) is 59.8 Å². The number of carbonyl (C=O) groups excluding carboxylic acids is 1. The molecule has 7 nitrogen and oxygen atoms in total. The van der Waals surface area contributed by atoms with Gasteiger partial charge in [0.05, 0.1) is 15.6 Å². The summed E-state index contributed by atoms with van der Waals surface area (Å²) in [5, 5.41) is 3.06. The lowest BCUT2D eigenvalue weighted by atomic mass is 9.87. The van der Waals surface area contributed by atoms with E-state index in [1.54, 1.807) is 31.3 Å². The van der Waals surface area contributed by atoms with Gasteiger partial charge in [0, 0.05) is 25.0 Å². The van der Waals surface area contributed by atoms with E-state index < -0.39 is 15.8 Å². The maximum Gasteiger partial charge on any atom is 0.261 e. The fraction of sp³-hybridized carbons (Fsp3) is 0.227. The molecule has 0 saturated carbocycles. The predicted octanol–water partition coefficient (Wildman–Crippen LogP) is 4.50. The van der Waals surface area contributed by atoms with E-state index in [1.165, 1.54) is 30.6 Å². The van der Waals surface area contributed by atoms with Crippen LogP contribution in [0.3, 0.4) is 0 Å². The molecule has 0 aliphatic carbocycles. The first-order chi connectivity index (χ1) is 14.5. The van der Waals surface area contributed by atoms with Gasteiger partial charge in [-0.2, -0.15) is 0 Å². The van der Waals surface area contributed by atoms with Crippen LogP contribution in [0, 0.1) is 0 Å². The second-order valence-corrected chi connectivity index (χ2v) is 10.1. The minimum atomic E-state index is -3.97. The minimum Gasteiger partial charge on any atom is -0.373 e. The molecule has 2 heterocycles. The van der Waals surface area contributed by atoms with Gasteiger partial charge in [-0.1, -0.05) is 44.5 Å². The van der Waals surface area contributed by atoms with Crippen molar-refractivity contribution in [1.82, 2.24) is 9.97 Å². The molecule has 0 unspecified atom stereocenters. The quantitative estimate of drug-likeness (QED) is 0.527. The molecule has 1 aromatic carbocycles. The highest BCUT2D eigenvalue weighted by Gasteiger charge is 2.22. The highest BCUT2D eigenvalue weighted by molar-refractivity contribution is 7.92. The summed E-state index contributed by atoms with van der Waals surface area (Å²) in [6.07, 6.45) is 2.69. The van der Waals surface area contributed by atoms with Gasteiger partial charge in [-0.3, -0.25) is 9.52 Å². The lowest BCUT2D eigenvalue weighted by Gasteiger charge is -2.19. The van der Waals surface area contributed by atoms with Gasteiger partial charge in [0.2, 0.25) is 5.78 Å². The van der Waals surface area contributed by atoms with Crippen molar-refractivity contribution >= 4 is 38.9 Å². The molecule has 2 N–H and O–H groups in total. The summed E-state index contributed by atoms with van der Waals surface area (Å²) in [5.74, 6) is 0.118. The van der Waals surface area contributed by atoms with Crippen molar-refractivity contribution < 1.29 is 13.2 Å². The number of hydrogen-bond donors (Lipinski definition) is 2. The standard InChI is InChI=1S/C22H23ClN4O3S/c1-22(2,3)15-6-8-17(9-7-15)31(29,30)27-18-11-16(23)13-26-20(18)21(28)14-5-10-19(24-4)25-12-14/h5-13,27H,1-4H3,(H,24,25). The zero-order valence-corrected chi connectivity index (χ0v) is 19.2. The monoisotopic (exact) mass is 458 g/mol. The molecule has 0 atom stereocenters. The van der Waals surface area contributed by atoms with Crippen molar-refractivity contribution in [2.24, 2.45) is 0 Å². The third kappa shape index (κ3) is 5.21. The van der Waals surface area contributed by atoms with E-state index in [0.717, 1.165) is 5.56 Å². The highest BCUT2D eigenvalue weighted by atomic mass is 35.5. The van der Waals surface area contributed by atoms with Crippen LogP contribution in [-0.2, 0) is 15.4 Å². The number of anilines is 2. The molecule has 0 radical (unpaired) electrons. The number of ketones is 1. The first-order valence-electron chi connectivity index (χ1n) is 9.49. The number of halogens is 1. The Bertz CT molecular complexity index is 1200. The number of sulfonamides is 1. The second-order valence-electron chi connectivity index (χ2n) is 7.94. The molecule has 2 aromatic heterocycles. The van der Waals surface area contributed by atoms with Crippen molar-refractivity contribution in [3.8, 4) is 0 Å². The van der Waals surface area contributed by atoms with E-state index >= 15 is 0 Å². The fourth-order valence-electron chi connectivity index (χ4n) is 2.85. The van der Waals surface area contributed by atoms with Gasteiger partial charge < -0.3 is 5.32 Å². The molecule has 9 heteroatoms. The topological polar surface area (TPSA) is 101 Å². The van der Waals surface area contributed by atoms with E-state index in [1.807, 2.05) is 20.8 Å². The predicted molar refractivity (Wildman–Crippen MR) is 122 cm³/mol. The number of benzene rings is 1. The summed E-state index contributed by atoms with van der Waals surface area (Å²) in [7, 11) is -2.25. The third-order valence-electron chi connectivity index (χ3n) is 4.63. The summed E-state index contributed by atoms with van der Waals surface area (Å²) in [4.78, 5) is 21.2. The van der Waals surface area contributed by atoms with Gasteiger partial charge in [0.25, 0.3) is 10.0 Å². The lowest BCUT2D eigenvalue weighted by molar-refractivity contribution is 0.103. The van der Waals surface area contributed by atoms with Crippen LogP contribution >= 0.6 is 11.6 Å². The van der Waals surface area contributed by atoms with Crippen molar-refractivity contribution in [3.63, 3.8) is 0 Å². The molecule has 3 rings (SSSR count). The van der Waals surface area contributed by atoms with Crippen molar-refractivity contribution in [2.45, 2.75) is 31.1 Å². The Balaban J connectivity index is 1.95. The van der Waals surface area contributed by atoms with Crippen LogP contribution in [0.25, 0.3) is 0 Å². The number of carbonyl (C=O) groups is 1. The van der Waals surface area contributed by atoms with Gasteiger partial charge in [0.15, 0.2) is 0 Å². The average Bonchev–Trinajstić information content (AvgIpc) is 2.73. The molecular formula is C22H23ClN4O3S. The fourth-order valence-corrected chi connectivity index (χ4v) is 4.06. The van der Waals surface area contributed by atoms with Crippen molar-refractivity contribution in [1.29, 1.82) is 0 Å². The molecule has 162 valence electrons. The lowest BCUT2D eigenvalue weighted by Crippen LogP contribution is -2.18. The summed E-state index contributed by atoms with van der Waals surface area (Å²) in [6, 6.07) is 11.2. The molecule has 0 amide bonds. The number of rotatable bonds is 6. The minimum absolute atomic E-state index is 0.00455. The van der Waals surface area contributed by atoms with E-state index in [0.29, 0.717) is 5.82 Å². The van der Waals surface area contributed by atoms with E-state index in [9.17, 15) is 13.2 Å². The summed E-state index contributed by atoms with van der Waals surface area (Å²) in [5.41, 5.74) is 1.09. The second kappa shape index (κ2) is 8.64. The van der Waals surface area contributed by atoms with E-state index in [-0.39, 0.29) is 32.3 Å². The molecular weight excluding hydrogens is 436 g/mol. The maximum absolute atomic E-state index is 13.0. The molecule has 3 aromatic rings. The van der Waals surface area contributed by atoms with Gasteiger partial charge in [-0.15, -0.1) is 0 Å². The molecule has 0 spiro atoms. The number of pyridine rings is 2. The Morgan fingerprint density at radius 3 is 2.23 bits per heavy atom. The summed E-state index contributed by atoms with van der Waals surface area (Å²) in [6.45, 7) is 6.13. The molecule has 0 bridgehead atoms. The normalized spacial score (nSPS) is 11.8. The van der Waals surface area contributed by atoms with Gasteiger partial charge in [-0.25, -0.2) is 18.4 Å². The Hall–Kier alpha value is -2.97. The van der Waals surface area contributed by atoms with Crippen LogP contribution in [0.4, 0.5) is 11.5 Å². The Labute approximate surface area is 186 Å². The molecule has 0 saturated heterocycles. The Morgan fingerprint density at radius 2 is 1.68 bits per heavy atom. The molecule has 31 heavy (non-hydrogen) atoms. The molecule has 0 aliphatic heterocycles. The largest absolute Gasteiger partial charge is 0.373 e. The van der Waals surface area contributed by atoms with Crippen molar-refractivity contribution in [2.75, 3.05) is 17.1 Å². The van der Waals surface area contributed by atoms with Crippen LogP contribution in [-0.4, -0.2) is 31.2 Å². The number of nitrogens with one attached hydrogen (secondary N) is 2. The van der Waals surface area contributed by atoms with Crippen LogP contribution in [0.1, 0.15) is 42.4 Å². The smallest absolute Gasteiger partial charge is 0.261 e. The maximum atomic E-state index is 13.0. The zero-order valence-electron chi connectivity index (χ0n) is 17.6. The Kier molecular flexibility index (Phi) is 6.33. The average molecular weight is 459 g/mol. The number of nitrogens with zero attached hydrogens (tertiary/aromatic N) is 2.